The Morgan fingerprint density at radius 3 is 1.95 bits per heavy atom. The van der Waals surface area contributed by atoms with E-state index >= 15 is 0 Å². The van der Waals surface area contributed by atoms with E-state index in [0.29, 0.717) is 6.10 Å². The highest BCUT2D eigenvalue weighted by Gasteiger charge is 2.46. The van der Waals surface area contributed by atoms with Gasteiger partial charge in [-0.05, 0) is 79.2 Å². The van der Waals surface area contributed by atoms with Crippen molar-refractivity contribution in [3.63, 3.8) is 0 Å². The van der Waals surface area contributed by atoms with Gasteiger partial charge in [0.05, 0.1) is 11.7 Å². The second-order valence-corrected chi connectivity index (χ2v) is 7.08. The summed E-state index contributed by atoms with van der Waals surface area (Å²) < 4.78 is 5.62. The lowest BCUT2D eigenvalue weighted by Crippen LogP contribution is -2.02. The Balaban J connectivity index is 2.17. The molecule has 2 nitrogen and oxygen atoms in total. The number of hydrogen-bond donors (Lipinski definition) is 0. The fourth-order valence-corrected chi connectivity index (χ4v) is 2.59. The molecule has 1 atom stereocenters. The normalized spacial score (nSPS) is 21.9. The van der Waals surface area contributed by atoms with E-state index in [-0.39, 0.29) is 5.60 Å². The van der Waals surface area contributed by atoms with Gasteiger partial charge in [-0.3, -0.25) is 4.79 Å². The fraction of sp³-hybridized carbons (Fsp3) is 0.650. The van der Waals surface area contributed by atoms with Gasteiger partial charge in [-0.25, -0.2) is 0 Å². The van der Waals surface area contributed by atoms with Gasteiger partial charge in [0.15, 0.2) is 0 Å². The Hall–Kier alpha value is -1.15. The minimum atomic E-state index is 0.121. The topological polar surface area (TPSA) is 29.6 Å². The number of epoxide rings is 1. The molecule has 22 heavy (non-hydrogen) atoms. The molecule has 0 aromatic rings. The molecular formula is C20H32O2. The number of aldehydes is 1. The lowest BCUT2D eigenvalue weighted by atomic mass is 10.0. The quantitative estimate of drug-likeness (QED) is 0.229. The highest BCUT2D eigenvalue weighted by atomic mass is 16.6. The first kappa shape index (κ1) is 18.9. The molecule has 0 saturated carbocycles. The van der Waals surface area contributed by atoms with Crippen LogP contribution < -0.4 is 0 Å². The van der Waals surface area contributed by atoms with Crippen LogP contribution in [-0.2, 0) is 9.53 Å². The predicted molar refractivity (Wildman–Crippen MR) is 94.0 cm³/mol. The minimum absolute atomic E-state index is 0.121. The Bertz CT molecular complexity index is 452. The van der Waals surface area contributed by atoms with Crippen molar-refractivity contribution in [1.29, 1.82) is 0 Å². The molecule has 0 aromatic carbocycles. The van der Waals surface area contributed by atoms with E-state index in [0.717, 1.165) is 50.4 Å². The zero-order valence-corrected chi connectivity index (χ0v) is 14.9. The van der Waals surface area contributed by atoms with Gasteiger partial charge >= 0.3 is 0 Å². The molecule has 1 aliphatic rings. The van der Waals surface area contributed by atoms with Gasteiger partial charge in [-0.2, -0.15) is 0 Å². The summed E-state index contributed by atoms with van der Waals surface area (Å²) >= 11 is 0. The molecule has 1 rings (SSSR count). The maximum Gasteiger partial charge on any atom is 0.142 e. The van der Waals surface area contributed by atoms with Crippen LogP contribution in [0.4, 0.5) is 0 Å². The SMILES string of the molecule is C/C(=C/C=O)CC/C=C(\C)CC/C=C(\C)CCC1OC1(C)C. The molecule has 0 amide bonds. The number of carbonyl (C=O) groups excluding carboxylic acids is 1. The number of hydrogen-bond acceptors (Lipinski definition) is 2. The summed E-state index contributed by atoms with van der Waals surface area (Å²) in [6.45, 7) is 10.8. The fourth-order valence-electron chi connectivity index (χ4n) is 2.59. The van der Waals surface area contributed by atoms with Crippen molar-refractivity contribution in [2.45, 2.75) is 84.8 Å². The van der Waals surface area contributed by atoms with Crippen LogP contribution in [0.1, 0.15) is 73.1 Å². The van der Waals surface area contributed by atoms with Crippen LogP contribution in [0.2, 0.25) is 0 Å². The first-order valence-electron chi connectivity index (χ1n) is 8.45. The maximum absolute atomic E-state index is 10.3. The van der Waals surface area contributed by atoms with Crippen molar-refractivity contribution in [3.05, 3.63) is 34.9 Å². The summed E-state index contributed by atoms with van der Waals surface area (Å²) in [5.41, 5.74) is 4.19. The Labute approximate surface area is 136 Å². The molecule has 0 radical (unpaired) electrons. The van der Waals surface area contributed by atoms with Crippen molar-refractivity contribution in [2.75, 3.05) is 0 Å². The van der Waals surface area contributed by atoms with Gasteiger partial charge in [0.25, 0.3) is 0 Å². The average Bonchev–Trinajstić information content (AvgIpc) is 3.04. The van der Waals surface area contributed by atoms with Crippen molar-refractivity contribution in [3.8, 4) is 0 Å². The Morgan fingerprint density at radius 1 is 0.955 bits per heavy atom. The van der Waals surface area contributed by atoms with E-state index in [1.165, 1.54) is 11.1 Å². The van der Waals surface area contributed by atoms with Crippen LogP contribution in [-0.4, -0.2) is 18.0 Å². The number of ether oxygens (including phenoxy) is 1. The summed E-state index contributed by atoms with van der Waals surface area (Å²) in [5, 5.41) is 0. The minimum Gasteiger partial charge on any atom is -0.367 e. The molecule has 1 unspecified atom stereocenters. The summed E-state index contributed by atoms with van der Waals surface area (Å²) in [5.74, 6) is 0. The first-order valence-corrected chi connectivity index (χ1v) is 8.45. The molecule has 0 aliphatic carbocycles. The highest BCUT2D eigenvalue weighted by molar-refractivity contribution is 5.65. The van der Waals surface area contributed by atoms with E-state index in [2.05, 4.69) is 39.8 Å². The summed E-state index contributed by atoms with van der Waals surface area (Å²) in [6, 6.07) is 0. The Kier molecular flexibility index (Phi) is 7.81. The monoisotopic (exact) mass is 304 g/mol. The van der Waals surface area contributed by atoms with Gasteiger partial charge in [-0.15, -0.1) is 0 Å². The van der Waals surface area contributed by atoms with Crippen molar-refractivity contribution >= 4 is 6.29 Å². The maximum atomic E-state index is 10.3. The van der Waals surface area contributed by atoms with Crippen LogP contribution >= 0.6 is 0 Å². The average molecular weight is 304 g/mol. The third kappa shape index (κ3) is 7.74. The van der Waals surface area contributed by atoms with Gasteiger partial charge in [0, 0.05) is 0 Å². The van der Waals surface area contributed by atoms with Crippen LogP contribution in [0, 0.1) is 0 Å². The Morgan fingerprint density at radius 2 is 1.45 bits per heavy atom. The summed E-state index contributed by atoms with van der Waals surface area (Å²) in [7, 11) is 0. The van der Waals surface area contributed by atoms with Crippen LogP contribution in [0.25, 0.3) is 0 Å². The van der Waals surface area contributed by atoms with Crippen molar-refractivity contribution in [2.24, 2.45) is 0 Å². The molecule has 124 valence electrons. The molecule has 0 aromatic heterocycles. The summed E-state index contributed by atoms with van der Waals surface area (Å²) in [6.07, 6.45) is 14.2. The van der Waals surface area contributed by atoms with E-state index in [9.17, 15) is 4.79 Å². The molecule has 1 fully saturated rings. The molecular weight excluding hydrogens is 272 g/mol. The van der Waals surface area contributed by atoms with Gasteiger partial charge in [-0.1, -0.05) is 28.9 Å². The molecule has 1 saturated heterocycles. The van der Waals surface area contributed by atoms with Gasteiger partial charge < -0.3 is 4.74 Å². The standard InChI is InChI=1S/C20H32O2/c1-16(9-7-11-18(3)14-15-21)8-6-10-17(2)12-13-19-20(4,5)22-19/h9-10,14-15,19H,6-8,11-13H2,1-5H3/b16-9+,17-10+,18-14-. The predicted octanol–water partition coefficient (Wildman–Crippen LogP) is 5.54. The second kappa shape index (κ2) is 9.09. The number of allylic oxidation sites excluding steroid dienone is 6. The number of carbonyl (C=O) groups is 1. The van der Waals surface area contributed by atoms with E-state index in [1.807, 2.05) is 6.92 Å². The van der Waals surface area contributed by atoms with E-state index in [1.54, 1.807) is 6.08 Å². The summed E-state index contributed by atoms with van der Waals surface area (Å²) in [4.78, 5) is 10.3. The highest BCUT2D eigenvalue weighted by Crippen LogP contribution is 2.38. The van der Waals surface area contributed by atoms with Crippen molar-refractivity contribution < 1.29 is 9.53 Å². The first-order chi connectivity index (χ1) is 10.3. The lowest BCUT2D eigenvalue weighted by molar-refractivity contribution is -0.104. The van der Waals surface area contributed by atoms with Crippen LogP contribution in [0.3, 0.4) is 0 Å². The van der Waals surface area contributed by atoms with Crippen LogP contribution in [0.15, 0.2) is 34.9 Å². The zero-order chi connectivity index (χ0) is 16.6. The molecule has 0 bridgehead atoms. The van der Waals surface area contributed by atoms with E-state index in [4.69, 9.17) is 4.74 Å². The van der Waals surface area contributed by atoms with Gasteiger partial charge in [0.1, 0.15) is 6.29 Å². The van der Waals surface area contributed by atoms with Gasteiger partial charge in [0.2, 0.25) is 0 Å². The molecule has 0 spiro atoms. The number of rotatable bonds is 10. The van der Waals surface area contributed by atoms with Crippen LogP contribution in [0.5, 0.6) is 0 Å². The van der Waals surface area contributed by atoms with E-state index < -0.39 is 0 Å². The molecule has 1 heterocycles. The largest absolute Gasteiger partial charge is 0.367 e. The lowest BCUT2D eigenvalue weighted by Gasteiger charge is -2.02. The zero-order valence-electron chi connectivity index (χ0n) is 14.9. The second-order valence-electron chi connectivity index (χ2n) is 7.08. The molecule has 2 heteroatoms. The third-order valence-corrected chi connectivity index (χ3v) is 4.38. The smallest absolute Gasteiger partial charge is 0.142 e. The third-order valence-electron chi connectivity index (χ3n) is 4.38. The molecule has 0 N–H and O–H groups in total. The van der Waals surface area contributed by atoms with Crippen molar-refractivity contribution in [1.82, 2.24) is 0 Å². The molecule has 1 aliphatic heterocycles.